The van der Waals surface area contributed by atoms with Gasteiger partial charge in [-0.05, 0) is 25.7 Å². The van der Waals surface area contributed by atoms with Crippen LogP contribution in [0.1, 0.15) is 32.6 Å². The smallest absolute Gasteiger partial charge is 0.332 e. The van der Waals surface area contributed by atoms with E-state index in [1.165, 1.54) is 0 Å². The largest absolute Gasteiger partial charge is 0.479 e. The summed E-state index contributed by atoms with van der Waals surface area (Å²) in [6.45, 7) is 2.99. The molecule has 0 amide bonds. The molecule has 0 spiro atoms. The highest BCUT2D eigenvalue weighted by Gasteiger charge is 2.19. The van der Waals surface area contributed by atoms with Crippen molar-refractivity contribution < 1.29 is 19.4 Å². The maximum atomic E-state index is 10.6. The average molecular weight is 202 g/mol. The summed E-state index contributed by atoms with van der Waals surface area (Å²) >= 11 is 0. The molecule has 82 valence electrons. The van der Waals surface area contributed by atoms with Gasteiger partial charge in [0.25, 0.3) is 0 Å². The van der Waals surface area contributed by atoms with Crippen molar-refractivity contribution in [2.75, 3.05) is 13.2 Å². The third-order valence-electron chi connectivity index (χ3n) is 2.40. The number of ether oxygens (including phenoxy) is 2. The summed E-state index contributed by atoms with van der Waals surface area (Å²) in [5, 5.41) is 8.74. The normalized spacial score (nSPS) is 24.5. The first-order valence-electron chi connectivity index (χ1n) is 5.20. The first-order valence-corrected chi connectivity index (χ1v) is 5.20. The lowest BCUT2D eigenvalue weighted by atomic mass is 10.1. The Labute approximate surface area is 84.2 Å². The minimum absolute atomic E-state index is 0.0946. The number of aliphatic carboxylic acids is 1. The second kappa shape index (κ2) is 5.98. The van der Waals surface area contributed by atoms with Crippen LogP contribution in [0.15, 0.2) is 0 Å². The van der Waals surface area contributed by atoms with Crippen molar-refractivity contribution in [1.29, 1.82) is 0 Å². The van der Waals surface area contributed by atoms with Crippen molar-refractivity contribution in [2.45, 2.75) is 44.8 Å². The first-order chi connectivity index (χ1) is 6.74. The number of hydrogen-bond acceptors (Lipinski definition) is 3. The van der Waals surface area contributed by atoms with E-state index in [1.54, 1.807) is 6.92 Å². The molecule has 1 aliphatic rings. The molecule has 1 rings (SSSR count). The van der Waals surface area contributed by atoms with Gasteiger partial charge in [0.05, 0.1) is 12.7 Å². The topological polar surface area (TPSA) is 55.8 Å². The number of rotatable bonds is 5. The molecule has 0 aromatic carbocycles. The maximum Gasteiger partial charge on any atom is 0.332 e. The molecule has 0 saturated carbocycles. The van der Waals surface area contributed by atoms with Gasteiger partial charge in [-0.15, -0.1) is 0 Å². The number of hydrogen-bond donors (Lipinski definition) is 1. The van der Waals surface area contributed by atoms with Gasteiger partial charge in [-0.1, -0.05) is 6.92 Å². The van der Waals surface area contributed by atoms with Crippen molar-refractivity contribution in [3.05, 3.63) is 0 Å². The van der Waals surface area contributed by atoms with Gasteiger partial charge in [-0.2, -0.15) is 0 Å². The molecule has 1 heterocycles. The fraction of sp³-hybridized carbons (Fsp3) is 0.900. The molecule has 0 aliphatic carbocycles. The highest BCUT2D eigenvalue weighted by molar-refractivity contribution is 5.72. The Balaban J connectivity index is 2.20. The molecule has 0 radical (unpaired) electrons. The number of carbonyl (C=O) groups is 1. The average Bonchev–Trinajstić information content (AvgIpc) is 2.20. The van der Waals surface area contributed by atoms with Gasteiger partial charge in [0.2, 0.25) is 0 Å². The van der Waals surface area contributed by atoms with E-state index in [0.717, 1.165) is 25.9 Å². The SMILES string of the molecule is CCC(OCC1CCCCO1)C(=O)O. The van der Waals surface area contributed by atoms with Crippen LogP contribution in [0.4, 0.5) is 0 Å². The van der Waals surface area contributed by atoms with E-state index in [1.807, 2.05) is 0 Å². The summed E-state index contributed by atoms with van der Waals surface area (Å²) < 4.78 is 10.7. The fourth-order valence-electron chi connectivity index (χ4n) is 1.53. The Morgan fingerprint density at radius 1 is 1.64 bits per heavy atom. The van der Waals surface area contributed by atoms with Gasteiger partial charge in [-0.25, -0.2) is 4.79 Å². The molecule has 14 heavy (non-hydrogen) atoms. The second-order valence-electron chi connectivity index (χ2n) is 3.56. The minimum atomic E-state index is -0.886. The minimum Gasteiger partial charge on any atom is -0.479 e. The molecule has 1 fully saturated rings. The van der Waals surface area contributed by atoms with Crippen molar-refractivity contribution in [1.82, 2.24) is 0 Å². The third-order valence-corrected chi connectivity index (χ3v) is 2.40. The Bertz CT molecular complexity index is 175. The molecule has 0 aromatic heterocycles. The Hall–Kier alpha value is -0.610. The first kappa shape index (κ1) is 11.5. The van der Waals surface area contributed by atoms with Gasteiger partial charge < -0.3 is 14.6 Å². The van der Waals surface area contributed by atoms with Gasteiger partial charge in [-0.3, -0.25) is 0 Å². The lowest BCUT2D eigenvalue weighted by Crippen LogP contribution is -2.30. The van der Waals surface area contributed by atoms with E-state index in [-0.39, 0.29) is 6.10 Å². The van der Waals surface area contributed by atoms with E-state index in [9.17, 15) is 4.79 Å². The molecule has 2 atom stereocenters. The third kappa shape index (κ3) is 3.64. The zero-order valence-corrected chi connectivity index (χ0v) is 8.57. The van der Waals surface area contributed by atoms with E-state index < -0.39 is 12.1 Å². The van der Waals surface area contributed by atoms with Gasteiger partial charge in [0.15, 0.2) is 6.10 Å². The predicted octanol–water partition coefficient (Wildman–Crippen LogP) is 1.44. The summed E-state index contributed by atoms with van der Waals surface area (Å²) in [5.74, 6) is -0.886. The van der Waals surface area contributed by atoms with Crippen molar-refractivity contribution in [2.24, 2.45) is 0 Å². The molecular weight excluding hydrogens is 184 g/mol. The van der Waals surface area contributed by atoms with E-state index in [0.29, 0.717) is 13.0 Å². The Morgan fingerprint density at radius 2 is 2.43 bits per heavy atom. The van der Waals surface area contributed by atoms with Crippen LogP contribution < -0.4 is 0 Å². The molecule has 1 saturated heterocycles. The van der Waals surface area contributed by atoms with Crippen LogP contribution >= 0.6 is 0 Å². The number of carboxylic acids is 1. The lowest BCUT2D eigenvalue weighted by molar-refractivity contribution is -0.154. The van der Waals surface area contributed by atoms with Crippen LogP contribution in [0.5, 0.6) is 0 Å². The maximum absolute atomic E-state index is 10.6. The highest BCUT2D eigenvalue weighted by Crippen LogP contribution is 2.13. The monoisotopic (exact) mass is 202 g/mol. The van der Waals surface area contributed by atoms with Gasteiger partial charge in [0, 0.05) is 6.61 Å². The van der Waals surface area contributed by atoms with Gasteiger partial charge in [0.1, 0.15) is 0 Å². The Morgan fingerprint density at radius 3 is 2.93 bits per heavy atom. The zero-order chi connectivity index (χ0) is 10.4. The van der Waals surface area contributed by atoms with Crippen molar-refractivity contribution >= 4 is 5.97 Å². The van der Waals surface area contributed by atoms with Crippen molar-refractivity contribution in [3.8, 4) is 0 Å². The molecule has 0 bridgehead atoms. The van der Waals surface area contributed by atoms with E-state index >= 15 is 0 Å². The molecule has 4 nitrogen and oxygen atoms in total. The predicted molar refractivity (Wildman–Crippen MR) is 51.3 cm³/mol. The molecule has 1 aliphatic heterocycles. The Kier molecular flexibility index (Phi) is 4.90. The highest BCUT2D eigenvalue weighted by atomic mass is 16.5. The van der Waals surface area contributed by atoms with Crippen LogP contribution in [0.3, 0.4) is 0 Å². The summed E-state index contributed by atoms with van der Waals surface area (Å²) in [6, 6.07) is 0. The molecule has 1 N–H and O–H groups in total. The lowest BCUT2D eigenvalue weighted by Gasteiger charge is -2.23. The summed E-state index contributed by atoms with van der Waals surface area (Å²) in [5.41, 5.74) is 0. The van der Waals surface area contributed by atoms with Crippen LogP contribution in [-0.2, 0) is 14.3 Å². The van der Waals surface area contributed by atoms with Crippen LogP contribution in [-0.4, -0.2) is 36.5 Å². The van der Waals surface area contributed by atoms with Crippen LogP contribution in [0, 0.1) is 0 Å². The summed E-state index contributed by atoms with van der Waals surface area (Å²) in [7, 11) is 0. The van der Waals surface area contributed by atoms with Crippen LogP contribution in [0.2, 0.25) is 0 Å². The zero-order valence-electron chi connectivity index (χ0n) is 8.57. The molecule has 0 aromatic rings. The van der Waals surface area contributed by atoms with Gasteiger partial charge >= 0.3 is 5.97 Å². The summed E-state index contributed by atoms with van der Waals surface area (Å²) in [4.78, 5) is 10.6. The standard InChI is InChI=1S/C10H18O4/c1-2-9(10(11)12)14-7-8-5-3-4-6-13-8/h8-9H,2-7H2,1H3,(H,11,12). The second-order valence-corrected chi connectivity index (χ2v) is 3.56. The molecular formula is C10H18O4. The number of carboxylic acid groups (broad SMARTS) is 1. The van der Waals surface area contributed by atoms with E-state index in [4.69, 9.17) is 14.6 Å². The van der Waals surface area contributed by atoms with Crippen molar-refractivity contribution in [3.63, 3.8) is 0 Å². The fourth-order valence-corrected chi connectivity index (χ4v) is 1.53. The quantitative estimate of drug-likeness (QED) is 0.732. The molecule has 2 unspecified atom stereocenters. The summed E-state index contributed by atoms with van der Waals surface area (Å²) in [6.07, 6.45) is 3.15. The van der Waals surface area contributed by atoms with Crippen LogP contribution in [0.25, 0.3) is 0 Å². The molecule has 4 heteroatoms. The van der Waals surface area contributed by atoms with E-state index in [2.05, 4.69) is 0 Å².